The van der Waals surface area contributed by atoms with E-state index in [1.54, 1.807) is 0 Å². The molecule has 1 aromatic carbocycles. The van der Waals surface area contributed by atoms with Crippen molar-refractivity contribution >= 4 is 0 Å². The molecule has 1 aromatic rings. The first-order valence-electron chi connectivity index (χ1n) is 5.22. The maximum Gasteiger partial charge on any atom is 0.0994 e. The molecular formula is C13H21N. The van der Waals surface area contributed by atoms with E-state index in [1.807, 2.05) is 45.0 Å². The fourth-order valence-electron chi connectivity index (χ4n) is 0.698. The smallest absolute Gasteiger partial charge is 0.0994 e. The molecule has 0 fully saturated rings. The number of nitriles is 1. The van der Waals surface area contributed by atoms with Crippen molar-refractivity contribution in [2.75, 3.05) is 0 Å². The van der Waals surface area contributed by atoms with Gasteiger partial charge in [-0.1, -0.05) is 52.3 Å². The number of hydrogen-bond donors (Lipinski definition) is 0. The minimum absolute atomic E-state index is 0.762. The number of rotatable bonds is 0. The second-order valence-electron chi connectivity index (χ2n) is 2.63. The minimum Gasteiger partial charge on any atom is -0.192 e. The summed E-state index contributed by atoms with van der Waals surface area (Å²) < 4.78 is 0. The van der Waals surface area contributed by atoms with Crippen LogP contribution in [-0.4, -0.2) is 0 Å². The predicted octanol–water partition coefficient (Wildman–Crippen LogP) is 4.31. The Morgan fingerprint density at radius 2 is 1.57 bits per heavy atom. The van der Waals surface area contributed by atoms with Crippen LogP contribution in [0.15, 0.2) is 24.3 Å². The van der Waals surface area contributed by atoms with Gasteiger partial charge in [-0.3, -0.25) is 0 Å². The molecule has 0 amide bonds. The first-order valence-corrected chi connectivity index (χ1v) is 5.22. The Kier molecular flexibility index (Phi) is 12.7. The summed E-state index contributed by atoms with van der Waals surface area (Å²) in [6.45, 7) is 10.2. The average Bonchev–Trinajstić information content (AvgIpc) is 2.23. The summed E-state index contributed by atoms with van der Waals surface area (Å²) in [4.78, 5) is 0. The summed E-state index contributed by atoms with van der Waals surface area (Å²) in [5.74, 6) is 0. The molecule has 0 aliphatic carbocycles. The fraction of sp³-hybridized carbons (Fsp3) is 0.462. The van der Waals surface area contributed by atoms with Crippen LogP contribution in [0.25, 0.3) is 0 Å². The standard InChI is InChI=1S/C8H7N.C3H8.C2H6/c1-7-4-2-3-5-8(7)6-9;1-3-2;1-2/h2-5H,1H3;3H2,1-2H3;1-2H3. The lowest BCUT2D eigenvalue weighted by molar-refractivity contribution is 1.09. The molecule has 0 radical (unpaired) electrons. The first kappa shape index (κ1) is 15.2. The van der Waals surface area contributed by atoms with E-state index in [0.717, 1.165) is 11.1 Å². The Morgan fingerprint density at radius 3 is 1.86 bits per heavy atom. The van der Waals surface area contributed by atoms with Crippen LogP contribution in [0, 0.1) is 18.3 Å². The lowest BCUT2D eigenvalue weighted by atomic mass is 10.1. The predicted molar refractivity (Wildman–Crippen MR) is 63.2 cm³/mol. The molecule has 0 N–H and O–H groups in total. The second-order valence-corrected chi connectivity index (χ2v) is 2.63. The normalized spacial score (nSPS) is 7.14. The van der Waals surface area contributed by atoms with E-state index in [4.69, 9.17) is 5.26 Å². The number of benzene rings is 1. The van der Waals surface area contributed by atoms with Crippen LogP contribution < -0.4 is 0 Å². The highest BCUT2D eigenvalue weighted by Crippen LogP contribution is 2.03. The lowest BCUT2D eigenvalue weighted by Crippen LogP contribution is -1.77. The van der Waals surface area contributed by atoms with Crippen molar-refractivity contribution < 1.29 is 0 Å². The molecule has 0 aromatic heterocycles. The van der Waals surface area contributed by atoms with Gasteiger partial charge in [0.05, 0.1) is 11.6 Å². The van der Waals surface area contributed by atoms with E-state index in [0.29, 0.717) is 0 Å². The topological polar surface area (TPSA) is 23.8 Å². The molecule has 1 rings (SSSR count). The molecule has 0 spiro atoms. The first-order chi connectivity index (χ1) is 6.76. The van der Waals surface area contributed by atoms with Crippen LogP contribution in [0.2, 0.25) is 0 Å². The van der Waals surface area contributed by atoms with Gasteiger partial charge in [-0.15, -0.1) is 0 Å². The summed E-state index contributed by atoms with van der Waals surface area (Å²) in [5, 5.41) is 8.47. The number of hydrogen-bond acceptors (Lipinski definition) is 1. The third kappa shape index (κ3) is 7.36. The number of nitrogens with zero attached hydrogens (tertiary/aromatic N) is 1. The highest BCUT2D eigenvalue weighted by atomic mass is 14.2. The molecule has 0 bridgehead atoms. The summed E-state index contributed by atoms with van der Waals surface area (Å²) >= 11 is 0. The molecule has 0 saturated heterocycles. The maximum absolute atomic E-state index is 8.47. The summed E-state index contributed by atoms with van der Waals surface area (Å²) in [7, 11) is 0. The summed E-state index contributed by atoms with van der Waals surface area (Å²) in [6, 6.07) is 9.63. The van der Waals surface area contributed by atoms with E-state index in [2.05, 4.69) is 19.9 Å². The van der Waals surface area contributed by atoms with Crippen molar-refractivity contribution in [3.63, 3.8) is 0 Å². The van der Waals surface area contributed by atoms with Gasteiger partial charge in [0.2, 0.25) is 0 Å². The van der Waals surface area contributed by atoms with Crippen LogP contribution >= 0.6 is 0 Å². The van der Waals surface area contributed by atoms with Crippen LogP contribution in [-0.2, 0) is 0 Å². The van der Waals surface area contributed by atoms with Crippen molar-refractivity contribution in [2.24, 2.45) is 0 Å². The Labute approximate surface area is 88.4 Å². The monoisotopic (exact) mass is 191 g/mol. The molecule has 0 atom stereocenters. The molecule has 0 aliphatic heterocycles. The molecule has 0 unspecified atom stereocenters. The fourth-order valence-corrected chi connectivity index (χ4v) is 0.698. The van der Waals surface area contributed by atoms with Crippen molar-refractivity contribution in [1.29, 1.82) is 5.26 Å². The van der Waals surface area contributed by atoms with Gasteiger partial charge < -0.3 is 0 Å². The van der Waals surface area contributed by atoms with E-state index in [-0.39, 0.29) is 0 Å². The molecule has 14 heavy (non-hydrogen) atoms. The van der Waals surface area contributed by atoms with Gasteiger partial charge in [-0.05, 0) is 18.6 Å². The van der Waals surface area contributed by atoms with E-state index >= 15 is 0 Å². The van der Waals surface area contributed by atoms with Crippen molar-refractivity contribution in [2.45, 2.75) is 41.0 Å². The molecule has 1 nitrogen and oxygen atoms in total. The van der Waals surface area contributed by atoms with Gasteiger partial charge >= 0.3 is 0 Å². The molecule has 78 valence electrons. The van der Waals surface area contributed by atoms with E-state index < -0.39 is 0 Å². The van der Waals surface area contributed by atoms with E-state index in [1.165, 1.54) is 6.42 Å². The SMILES string of the molecule is CC.CCC.Cc1ccccc1C#N. The maximum atomic E-state index is 8.47. The third-order valence-electron chi connectivity index (χ3n) is 1.27. The Bertz CT molecular complexity index is 258. The molecule has 1 heteroatoms. The van der Waals surface area contributed by atoms with Gasteiger partial charge in [0.1, 0.15) is 0 Å². The van der Waals surface area contributed by atoms with Crippen LogP contribution in [0.4, 0.5) is 0 Å². The van der Waals surface area contributed by atoms with Crippen molar-refractivity contribution in [1.82, 2.24) is 0 Å². The van der Waals surface area contributed by atoms with Gasteiger partial charge in [-0.25, -0.2) is 0 Å². The summed E-state index contributed by atoms with van der Waals surface area (Å²) in [6.07, 6.45) is 1.25. The Hall–Kier alpha value is -1.29. The quantitative estimate of drug-likeness (QED) is 0.599. The third-order valence-corrected chi connectivity index (χ3v) is 1.27. The molecular weight excluding hydrogens is 170 g/mol. The molecule has 0 aliphatic rings. The van der Waals surface area contributed by atoms with Gasteiger partial charge in [0.15, 0.2) is 0 Å². The van der Waals surface area contributed by atoms with Gasteiger partial charge in [0, 0.05) is 0 Å². The molecule has 0 heterocycles. The van der Waals surface area contributed by atoms with Gasteiger partial charge in [0.25, 0.3) is 0 Å². The minimum atomic E-state index is 0.762. The Morgan fingerprint density at radius 1 is 1.14 bits per heavy atom. The van der Waals surface area contributed by atoms with Crippen LogP contribution in [0.5, 0.6) is 0 Å². The lowest BCUT2D eigenvalue weighted by Gasteiger charge is -1.90. The largest absolute Gasteiger partial charge is 0.192 e. The highest BCUT2D eigenvalue weighted by Gasteiger charge is 1.89. The molecule has 0 saturated carbocycles. The number of aryl methyl sites for hydroxylation is 1. The average molecular weight is 191 g/mol. The summed E-state index contributed by atoms with van der Waals surface area (Å²) in [5.41, 5.74) is 1.80. The zero-order chi connectivity index (χ0) is 11.4. The van der Waals surface area contributed by atoms with Gasteiger partial charge in [-0.2, -0.15) is 5.26 Å². The highest BCUT2D eigenvalue weighted by molar-refractivity contribution is 5.35. The van der Waals surface area contributed by atoms with Crippen molar-refractivity contribution in [3.05, 3.63) is 35.4 Å². The zero-order valence-corrected chi connectivity index (χ0v) is 9.96. The zero-order valence-electron chi connectivity index (χ0n) is 9.96. The van der Waals surface area contributed by atoms with E-state index in [9.17, 15) is 0 Å². The Balaban J connectivity index is 0. The van der Waals surface area contributed by atoms with Crippen LogP contribution in [0.3, 0.4) is 0 Å². The second kappa shape index (κ2) is 11.7. The van der Waals surface area contributed by atoms with Crippen molar-refractivity contribution in [3.8, 4) is 6.07 Å². The van der Waals surface area contributed by atoms with Crippen LogP contribution in [0.1, 0.15) is 45.2 Å².